The minimum absolute atomic E-state index is 0.204. The predicted molar refractivity (Wildman–Crippen MR) is 77.0 cm³/mol. The van der Waals surface area contributed by atoms with E-state index in [0.717, 1.165) is 5.39 Å². The summed E-state index contributed by atoms with van der Waals surface area (Å²) in [5.41, 5.74) is 0.476. The molecular weight excluding hydrogens is 270 g/mol. The van der Waals surface area contributed by atoms with Crippen molar-refractivity contribution in [2.45, 2.75) is 6.54 Å². The summed E-state index contributed by atoms with van der Waals surface area (Å²) in [6.45, 7) is 0.704. The minimum Gasteiger partial charge on any atom is -0.459 e. The number of hydrogen-bond acceptors (Lipinski definition) is 4. The molecule has 0 fully saturated rings. The van der Waals surface area contributed by atoms with Crippen molar-refractivity contribution < 1.29 is 9.21 Å². The number of amides is 1. The Bertz CT molecular complexity index is 821. The van der Waals surface area contributed by atoms with Crippen LogP contribution in [-0.4, -0.2) is 22.0 Å². The van der Waals surface area contributed by atoms with Gasteiger partial charge in [0.15, 0.2) is 5.58 Å². The van der Waals surface area contributed by atoms with Crippen molar-refractivity contribution in [3.63, 3.8) is 0 Å². The number of rotatable bonds is 4. The highest BCUT2D eigenvalue weighted by Gasteiger charge is 2.07. The van der Waals surface area contributed by atoms with Crippen LogP contribution in [0.3, 0.4) is 0 Å². The average Bonchev–Trinajstić information content (AvgIpc) is 3.00. The van der Waals surface area contributed by atoms with Crippen LogP contribution < -0.4 is 10.9 Å². The maximum atomic E-state index is 12.1. The van der Waals surface area contributed by atoms with Gasteiger partial charge in [0.25, 0.3) is 11.5 Å². The number of pyridine rings is 2. The first-order valence-corrected chi connectivity index (χ1v) is 6.51. The molecule has 21 heavy (non-hydrogen) atoms. The fourth-order valence-electron chi connectivity index (χ4n) is 2.05. The molecule has 0 aliphatic heterocycles. The second kappa shape index (κ2) is 5.62. The third kappa shape index (κ3) is 2.69. The van der Waals surface area contributed by atoms with Gasteiger partial charge in [0, 0.05) is 30.9 Å². The smallest absolute Gasteiger partial charge is 0.294 e. The van der Waals surface area contributed by atoms with Crippen LogP contribution in [0.1, 0.15) is 10.5 Å². The zero-order chi connectivity index (χ0) is 14.7. The van der Waals surface area contributed by atoms with Crippen LogP contribution in [0.15, 0.2) is 58.2 Å². The number of hydrogen-bond donors (Lipinski definition) is 1. The third-order valence-corrected chi connectivity index (χ3v) is 3.12. The van der Waals surface area contributed by atoms with Crippen LogP contribution in [0.2, 0.25) is 0 Å². The van der Waals surface area contributed by atoms with E-state index < -0.39 is 0 Å². The normalized spacial score (nSPS) is 10.7. The molecule has 6 heteroatoms. The Labute approximate surface area is 120 Å². The largest absolute Gasteiger partial charge is 0.459 e. The van der Waals surface area contributed by atoms with Gasteiger partial charge in [-0.1, -0.05) is 6.07 Å². The number of carbonyl (C=O) groups is 1. The molecule has 0 bridgehead atoms. The zero-order valence-electron chi connectivity index (χ0n) is 11.2. The van der Waals surface area contributed by atoms with Gasteiger partial charge in [-0.15, -0.1) is 0 Å². The standard InChI is InChI=1S/C15H13N3O3/c19-14(12-3-1-2-6-16-12)17-7-9-18-8-4-11-5-10-21-13(11)15(18)20/h1-6,8,10H,7,9H2,(H,17,19). The lowest BCUT2D eigenvalue weighted by atomic mass is 10.3. The van der Waals surface area contributed by atoms with Crippen LogP contribution in [0, 0.1) is 0 Å². The van der Waals surface area contributed by atoms with Gasteiger partial charge in [0.05, 0.1) is 6.26 Å². The Balaban J connectivity index is 1.66. The Morgan fingerprint density at radius 3 is 3.00 bits per heavy atom. The van der Waals surface area contributed by atoms with Gasteiger partial charge in [-0.2, -0.15) is 0 Å². The van der Waals surface area contributed by atoms with Crippen molar-refractivity contribution >= 4 is 16.9 Å². The lowest BCUT2D eigenvalue weighted by molar-refractivity contribution is 0.0947. The Morgan fingerprint density at radius 1 is 1.29 bits per heavy atom. The maximum absolute atomic E-state index is 12.1. The Kier molecular flexibility index (Phi) is 3.51. The highest BCUT2D eigenvalue weighted by atomic mass is 16.3. The molecule has 3 aromatic heterocycles. The highest BCUT2D eigenvalue weighted by molar-refractivity contribution is 5.92. The predicted octanol–water partition coefficient (Wildman–Crippen LogP) is 1.42. The number of furan rings is 1. The number of aromatic nitrogens is 2. The monoisotopic (exact) mass is 283 g/mol. The second-order valence-corrected chi connectivity index (χ2v) is 4.49. The Hall–Kier alpha value is -2.89. The molecule has 0 aliphatic carbocycles. The van der Waals surface area contributed by atoms with E-state index in [1.807, 2.05) is 0 Å². The van der Waals surface area contributed by atoms with Gasteiger partial charge in [-0.3, -0.25) is 14.6 Å². The van der Waals surface area contributed by atoms with E-state index in [2.05, 4.69) is 10.3 Å². The maximum Gasteiger partial charge on any atom is 0.294 e. The molecule has 0 saturated heterocycles. The number of fused-ring (bicyclic) bond motifs is 1. The van der Waals surface area contributed by atoms with Gasteiger partial charge >= 0.3 is 0 Å². The van der Waals surface area contributed by atoms with Crippen LogP contribution in [-0.2, 0) is 6.54 Å². The summed E-state index contributed by atoms with van der Waals surface area (Å²) in [7, 11) is 0. The van der Waals surface area contributed by atoms with Gasteiger partial charge < -0.3 is 14.3 Å². The van der Waals surface area contributed by atoms with Gasteiger partial charge in [0.1, 0.15) is 5.69 Å². The van der Waals surface area contributed by atoms with E-state index in [4.69, 9.17) is 4.42 Å². The molecule has 0 aliphatic rings. The van der Waals surface area contributed by atoms with Crippen LogP contribution in [0.5, 0.6) is 0 Å². The van der Waals surface area contributed by atoms with E-state index in [-0.39, 0.29) is 11.5 Å². The molecule has 1 N–H and O–H groups in total. The van der Waals surface area contributed by atoms with Crippen molar-refractivity contribution in [2.75, 3.05) is 6.54 Å². The molecule has 3 rings (SSSR count). The van der Waals surface area contributed by atoms with E-state index in [1.165, 1.54) is 10.8 Å². The summed E-state index contributed by atoms with van der Waals surface area (Å²) in [5.74, 6) is -0.261. The van der Waals surface area contributed by atoms with Crippen LogP contribution in [0.25, 0.3) is 11.0 Å². The van der Waals surface area contributed by atoms with Crippen molar-refractivity contribution in [1.82, 2.24) is 14.9 Å². The van der Waals surface area contributed by atoms with E-state index in [9.17, 15) is 9.59 Å². The molecule has 0 spiro atoms. The topological polar surface area (TPSA) is 77.1 Å². The molecule has 106 valence electrons. The lowest BCUT2D eigenvalue weighted by Gasteiger charge is -2.07. The minimum atomic E-state index is -0.261. The summed E-state index contributed by atoms with van der Waals surface area (Å²) >= 11 is 0. The molecule has 0 unspecified atom stereocenters. The summed E-state index contributed by atoms with van der Waals surface area (Å²) in [5, 5.41) is 3.50. The van der Waals surface area contributed by atoms with Crippen molar-refractivity contribution in [3.05, 3.63) is 65.0 Å². The van der Waals surface area contributed by atoms with Crippen molar-refractivity contribution in [3.8, 4) is 0 Å². The summed E-state index contributed by atoms with van der Waals surface area (Å²) < 4.78 is 6.66. The SMILES string of the molecule is O=C(NCCn1ccc2ccoc2c1=O)c1ccccn1. The molecule has 6 nitrogen and oxygen atoms in total. The lowest BCUT2D eigenvalue weighted by Crippen LogP contribution is -2.31. The first-order chi connectivity index (χ1) is 10.3. The molecule has 1 amide bonds. The van der Waals surface area contributed by atoms with E-state index in [1.54, 1.807) is 42.7 Å². The molecule has 3 heterocycles. The second-order valence-electron chi connectivity index (χ2n) is 4.49. The molecular formula is C15H13N3O3. The molecule has 0 aromatic carbocycles. The average molecular weight is 283 g/mol. The quantitative estimate of drug-likeness (QED) is 0.785. The summed E-state index contributed by atoms with van der Waals surface area (Å²) in [6, 6.07) is 8.67. The van der Waals surface area contributed by atoms with Gasteiger partial charge in [0.2, 0.25) is 0 Å². The van der Waals surface area contributed by atoms with Crippen LogP contribution >= 0.6 is 0 Å². The van der Waals surface area contributed by atoms with E-state index in [0.29, 0.717) is 24.4 Å². The van der Waals surface area contributed by atoms with E-state index >= 15 is 0 Å². The summed E-state index contributed by atoms with van der Waals surface area (Å²) in [6.07, 6.45) is 4.73. The molecule has 0 saturated carbocycles. The van der Waals surface area contributed by atoms with Crippen molar-refractivity contribution in [1.29, 1.82) is 0 Å². The summed E-state index contributed by atoms with van der Waals surface area (Å²) in [4.78, 5) is 27.9. The first kappa shape index (κ1) is 13.1. The van der Waals surface area contributed by atoms with Crippen molar-refractivity contribution in [2.24, 2.45) is 0 Å². The fourth-order valence-corrected chi connectivity index (χ4v) is 2.05. The van der Waals surface area contributed by atoms with Gasteiger partial charge in [-0.25, -0.2) is 0 Å². The Morgan fingerprint density at radius 2 is 2.19 bits per heavy atom. The third-order valence-electron chi connectivity index (χ3n) is 3.12. The highest BCUT2D eigenvalue weighted by Crippen LogP contribution is 2.09. The zero-order valence-corrected chi connectivity index (χ0v) is 11.2. The molecule has 0 radical (unpaired) electrons. The number of carbonyl (C=O) groups excluding carboxylic acids is 1. The number of nitrogens with one attached hydrogen (secondary N) is 1. The van der Waals surface area contributed by atoms with Crippen LogP contribution in [0.4, 0.5) is 0 Å². The number of nitrogens with zero attached hydrogens (tertiary/aromatic N) is 2. The first-order valence-electron chi connectivity index (χ1n) is 6.51. The molecule has 0 atom stereocenters. The fraction of sp³-hybridized carbons (Fsp3) is 0.133. The van der Waals surface area contributed by atoms with Gasteiger partial charge in [-0.05, 0) is 24.3 Å². The molecule has 3 aromatic rings.